The number of benzene rings is 1. The molecule has 0 saturated heterocycles. The van der Waals surface area contributed by atoms with Crippen molar-refractivity contribution in [3.8, 4) is 0 Å². The highest BCUT2D eigenvalue weighted by Crippen LogP contribution is 2.16. The molecule has 0 aliphatic carbocycles. The van der Waals surface area contributed by atoms with Gasteiger partial charge in [-0.05, 0) is 38.5 Å². The van der Waals surface area contributed by atoms with Crippen LogP contribution in [0.25, 0.3) is 0 Å². The van der Waals surface area contributed by atoms with E-state index in [1.54, 1.807) is 12.1 Å². The number of carbonyl (C=O) groups is 1. The van der Waals surface area contributed by atoms with Crippen molar-refractivity contribution < 1.29 is 9.53 Å². The molecule has 0 atom stereocenters. The molecule has 0 radical (unpaired) electrons. The smallest absolute Gasteiger partial charge is 0.311 e. The number of nitrogen functional groups attached to an aromatic ring is 1. The Hall–Kier alpha value is -1.51. The first-order valence-electron chi connectivity index (χ1n) is 4.91. The van der Waals surface area contributed by atoms with Gasteiger partial charge in [-0.25, -0.2) is 0 Å². The monoisotopic (exact) mass is 207 g/mol. The van der Waals surface area contributed by atoms with Gasteiger partial charge in [-0.2, -0.15) is 0 Å². The number of ether oxygens (including phenoxy) is 1. The van der Waals surface area contributed by atoms with Gasteiger partial charge in [-0.1, -0.05) is 12.1 Å². The van der Waals surface area contributed by atoms with Gasteiger partial charge in [0.1, 0.15) is 6.61 Å². The zero-order valence-corrected chi connectivity index (χ0v) is 9.41. The molecule has 0 unspecified atom stereocenters. The molecule has 0 saturated carbocycles. The van der Waals surface area contributed by atoms with Gasteiger partial charge in [0, 0.05) is 5.69 Å². The van der Waals surface area contributed by atoms with Crippen molar-refractivity contribution in [2.45, 2.75) is 27.4 Å². The Morgan fingerprint density at radius 3 is 2.60 bits per heavy atom. The summed E-state index contributed by atoms with van der Waals surface area (Å²) in [7, 11) is 0. The molecule has 3 heteroatoms. The van der Waals surface area contributed by atoms with Gasteiger partial charge >= 0.3 is 5.97 Å². The molecule has 0 aliphatic heterocycles. The number of rotatable bonds is 2. The van der Waals surface area contributed by atoms with E-state index in [-0.39, 0.29) is 12.6 Å². The van der Waals surface area contributed by atoms with Crippen LogP contribution in [0.5, 0.6) is 0 Å². The molecule has 0 spiro atoms. The maximum absolute atomic E-state index is 11.5. The molecule has 0 bridgehead atoms. The summed E-state index contributed by atoms with van der Waals surface area (Å²) in [6.07, 6.45) is 0. The topological polar surface area (TPSA) is 52.3 Å². The van der Waals surface area contributed by atoms with Gasteiger partial charge < -0.3 is 10.5 Å². The fraction of sp³-hybridized carbons (Fsp3) is 0.417. The summed E-state index contributed by atoms with van der Waals surface area (Å²) in [5, 5.41) is 0. The Labute approximate surface area is 90.2 Å². The molecular formula is C12H17NO2. The third kappa shape index (κ3) is 3.62. The summed E-state index contributed by atoms with van der Waals surface area (Å²) in [6.45, 7) is 5.76. The Bertz CT molecular complexity index is 353. The molecule has 0 aliphatic rings. The summed E-state index contributed by atoms with van der Waals surface area (Å²) in [5.41, 5.74) is 6.74. The molecule has 0 amide bonds. The number of anilines is 1. The minimum Gasteiger partial charge on any atom is -0.460 e. The van der Waals surface area contributed by atoms with Crippen molar-refractivity contribution >= 4 is 11.7 Å². The molecule has 82 valence electrons. The zero-order chi connectivity index (χ0) is 11.5. The zero-order valence-electron chi connectivity index (χ0n) is 9.41. The number of esters is 1. The van der Waals surface area contributed by atoms with Gasteiger partial charge in [0.2, 0.25) is 0 Å². The maximum Gasteiger partial charge on any atom is 0.311 e. The van der Waals surface area contributed by atoms with Gasteiger partial charge in [-0.15, -0.1) is 0 Å². The molecule has 1 rings (SSSR count). The predicted molar refractivity (Wildman–Crippen MR) is 60.1 cm³/mol. The molecule has 0 heterocycles. The van der Waals surface area contributed by atoms with Crippen molar-refractivity contribution in [3.63, 3.8) is 0 Å². The summed E-state index contributed by atoms with van der Waals surface area (Å²) in [4.78, 5) is 11.5. The van der Waals surface area contributed by atoms with Crippen molar-refractivity contribution in [2.75, 3.05) is 5.73 Å². The largest absolute Gasteiger partial charge is 0.460 e. The lowest BCUT2D eigenvalue weighted by molar-refractivity contribution is -0.154. The van der Waals surface area contributed by atoms with Crippen molar-refractivity contribution in [1.82, 2.24) is 0 Å². The number of hydrogen-bond donors (Lipinski definition) is 1. The SMILES string of the molecule is CC(C)(C)C(=O)OCc1cccc(N)c1. The number of carbonyl (C=O) groups excluding carboxylic acids is 1. The Morgan fingerprint density at radius 2 is 2.07 bits per heavy atom. The van der Waals surface area contributed by atoms with E-state index in [1.165, 1.54) is 0 Å². The maximum atomic E-state index is 11.5. The highest BCUT2D eigenvalue weighted by atomic mass is 16.5. The molecule has 1 aromatic rings. The van der Waals surface area contributed by atoms with E-state index in [4.69, 9.17) is 10.5 Å². The first-order chi connectivity index (χ1) is 6.89. The lowest BCUT2D eigenvalue weighted by Gasteiger charge is -2.16. The van der Waals surface area contributed by atoms with Crippen LogP contribution in [0.4, 0.5) is 5.69 Å². The van der Waals surface area contributed by atoms with Crippen LogP contribution in [-0.4, -0.2) is 5.97 Å². The van der Waals surface area contributed by atoms with Crippen LogP contribution in [0.15, 0.2) is 24.3 Å². The fourth-order valence-corrected chi connectivity index (χ4v) is 1.05. The normalized spacial score (nSPS) is 11.1. The average Bonchev–Trinajstić information content (AvgIpc) is 2.12. The van der Waals surface area contributed by atoms with Crippen LogP contribution in [0.1, 0.15) is 26.3 Å². The third-order valence-electron chi connectivity index (χ3n) is 1.93. The second-order valence-electron chi connectivity index (χ2n) is 4.57. The molecule has 1 aromatic carbocycles. The number of nitrogens with two attached hydrogens (primary N) is 1. The van der Waals surface area contributed by atoms with Gasteiger partial charge in [-0.3, -0.25) is 4.79 Å². The Kier molecular flexibility index (Phi) is 3.35. The second-order valence-corrected chi connectivity index (χ2v) is 4.57. The molecule has 0 aromatic heterocycles. The van der Waals surface area contributed by atoms with Crippen LogP contribution in [0, 0.1) is 5.41 Å². The van der Waals surface area contributed by atoms with Crippen LogP contribution in [-0.2, 0) is 16.1 Å². The van der Waals surface area contributed by atoms with E-state index in [0.717, 1.165) is 5.56 Å². The highest BCUT2D eigenvalue weighted by Gasteiger charge is 2.22. The minimum atomic E-state index is -0.458. The first kappa shape index (κ1) is 11.6. The second kappa shape index (κ2) is 4.34. The Morgan fingerprint density at radius 1 is 1.40 bits per heavy atom. The summed E-state index contributed by atoms with van der Waals surface area (Å²) >= 11 is 0. The Balaban J connectivity index is 2.55. The summed E-state index contributed by atoms with van der Waals surface area (Å²) in [5.74, 6) is -0.204. The minimum absolute atomic E-state index is 0.204. The lowest BCUT2D eigenvalue weighted by atomic mass is 9.97. The van der Waals surface area contributed by atoms with Crippen LogP contribution >= 0.6 is 0 Å². The summed E-state index contributed by atoms with van der Waals surface area (Å²) in [6, 6.07) is 7.33. The van der Waals surface area contributed by atoms with E-state index in [2.05, 4.69) is 0 Å². The van der Waals surface area contributed by atoms with E-state index in [1.807, 2.05) is 32.9 Å². The van der Waals surface area contributed by atoms with Gasteiger partial charge in [0.05, 0.1) is 5.41 Å². The standard InChI is InChI=1S/C12H17NO2/c1-12(2,3)11(14)15-8-9-5-4-6-10(13)7-9/h4-7H,8,13H2,1-3H3. The van der Waals surface area contributed by atoms with Crippen molar-refractivity contribution in [2.24, 2.45) is 5.41 Å². The first-order valence-corrected chi connectivity index (χ1v) is 4.91. The number of hydrogen-bond acceptors (Lipinski definition) is 3. The summed E-state index contributed by atoms with van der Waals surface area (Å²) < 4.78 is 5.15. The van der Waals surface area contributed by atoms with E-state index < -0.39 is 5.41 Å². The van der Waals surface area contributed by atoms with Crippen molar-refractivity contribution in [3.05, 3.63) is 29.8 Å². The van der Waals surface area contributed by atoms with Crippen LogP contribution in [0.2, 0.25) is 0 Å². The quantitative estimate of drug-likeness (QED) is 0.598. The van der Waals surface area contributed by atoms with E-state index >= 15 is 0 Å². The molecule has 3 nitrogen and oxygen atoms in total. The van der Waals surface area contributed by atoms with Crippen LogP contribution < -0.4 is 5.73 Å². The predicted octanol–water partition coefficient (Wildman–Crippen LogP) is 2.36. The molecule has 15 heavy (non-hydrogen) atoms. The van der Waals surface area contributed by atoms with Gasteiger partial charge in [0.25, 0.3) is 0 Å². The lowest BCUT2D eigenvalue weighted by Crippen LogP contribution is -2.22. The van der Waals surface area contributed by atoms with Crippen molar-refractivity contribution in [1.29, 1.82) is 0 Å². The molecule has 0 fully saturated rings. The van der Waals surface area contributed by atoms with E-state index in [9.17, 15) is 4.79 Å². The third-order valence-corrected chi connectivity index (χ3v) is 1.93. The highest BCUT2D eigenvalue weighted by molar-refractivity contribution is 5.75. The van der Waals surface area contributed by atoms with Crippen LogP contribution in [0.3, 0.4) is 0 Å². The van der Waals surface area contributed by atoms with Gasteiger partial charge in [0.15, 0.2) is 0 Å². The molecular weight excluding hydrogens is 190 g/mol. The fourth-order valence-electron chi connectivity index (χ4n) is 1.05. The molecule has 2 N–H and O–H groups in total. The average molecular weight is 207 g/mol. The van der Waals surface area contributed by atoms with E-state index in [0.29, 0.717) is 5.69 Å².